The summed E-state index contributed by atoms with van der Waals surface area (Å²) < 4.78 is 10.4. The average molecular weight is 372 g/mol. The van der Waals surface area contributed by atoms with Gasteiger partial charge in [-0.05, 0) is 31.5 Å². The molecule has 0 saturated heterocycles. The molecule has 0 aliphatic rings. The molecule has 0 bridgehead atoms. The number of carboxylic acid groups (broad SMARTS) is 1. The van der Waals surface area contributed by atoms with Crippen molar-refractivity contribution in [3.63, 3.8) is 0 Å². The molecule has 1 atom stereocenters. The standard InChI is InChI=1S/C17H24O7S/c1-17(2,11-25-14(10-24-21)8-15(18)19)16(20)23-9-12-4-6-13(22-3)7-5-12/h4-7,14,21H,8-11H2,1-3H3,(H,18,19). The second-order valence-corrected chi connectivity index (χ2v) is 7.42. The molecule has 0 aromatic heterocycles. The molecule has 0 spiro atoms. The molecule has 7 nitrogen and oxygen atoms in total. The Morgan fingerprint density at radius 1 is 1.24 bits per heavy atom. The first kappa shape index (κ1) is 21.3. The average Bonchev–Trinajstić information content (AvgIpc) is 2.57. The van der Waals surface area contributed by atoms with Gasteiger partial charge in [-0.3, -0.25) is 14.8 Å². The topological polar surface area (TPSA) is 102 Å². The van der Waals surface area contributed by atoms with Crippen LogP contribution in [0.2, 0.25) is 0 Å². The van der Waals surface area contributed by atoms with Gasteiger partial charge in [0, 0.05) is 11.0 Å². The Kier molecular flexibility index (Phi) is 8.74. The molecule has 8 heteroatoms. The van der Waals surface area contributed by atoms with Crippen LogP contribution in [0.1, 0.15) is 25.8 Å². The van der Waals surface area contributed by atoms with Crippen LogP contribution < -0.4 is 4.74 Å². The minimum atomic E-state index is -0.991. The number of hydrogen-bond donors (Lipinski definition) is 2. The lowest BCUT2D eigenvalue weighted by molar-refractivity contribution is -0.241. The molecule has 1 aromatic rings. The molecule has 0 fully saturated rings. The first-order chi connectivity index (χ1) is 11.8. The number of methoxy groups -OCH3 is 1. The van der Waals surface area contributed by atoms with Gasteiger partial charge in [-0.1, -0.05) is 12.1 Å². The molecule has 0 aliphatic carbocycles. The summed E-state index contributed by atoms with van der Waals surface area (Å²) in [6.07, 6.45) is -0.164. The van der Waals surface area contributed by atoms with Gasteiger partial charge in [-0.25, -0.2) is 4.89 Å². The third kappa shape index (κ3) is 7.76. The lowest BCUT2D eigenvalue weighted by Crippen LogP contribution is -2.30. The Hall–Kier alpha value is -1.77. The van der Waals surface area contributed by atoms with Crippen molar-refractivity contribution in [1.82, 2.24) is 0 Å². The number of esters is 1. The summed E-state index contributed by atoms with van der Waals surface area (Å²) in [5.41, 5.74) is 0.0404. The van der Waals surface area contributed by atoms with Gasteiger partial charge in [0.05, 0.1) is 25.6 Å². The molecule has 0 radical (unpaired) electrons. The fourth-order valence-corrected chi connectivity index (χ4v) is 3.08. The van der Waals surface area contributed by atoms with E-state index < -0.39 is 16.6 Å². The zero-order valence-corrected chi connectivity index (χ0v) is 15.4. The van der Waals surface area contributed by atoms with Crippen LogP contribution in [0.25, 0.3) is 0 Å². The molecule has 0 aliphatic heterocycles. The highest BCUT2D eigenvalue weighted by atomic mass is 32.2. The summed E-state index contributed by atoms with van der Waals surface area (Å²) in [6.45, 7) is 3.49. The Bertz CT molecular complexity index is 557. The number of carbonyl (C=O) groups excluding carboxylic acids is 1. The van der Waals surface area contributed by atoms with E-state index in [0.29, 0.717) is 5.75 Å². The zero-order chi connectivity index (χ0) is 18.9. The molecule has 1 rings (SSSR count). The summed E-state index contributed by atoms with van der Waals surface area (Å²) >= 11 is 1.25. The van der Waals surface area contributed by atoms with Crippen molar-refractivity contribution in [2.75, 3.05) is 19.5 Å². The van der Waals surface area contributed by atoms with Crippen molar-refractivity contribution in [1.29, 1.82) is 0 Å². The molecular formula is C17H24O7S. The SMILES string of the molecule is COc1ccc(COC(=O)C(C)(C)CSC(COO)CC(=O)O)cc1. The van der Waals surface area contributed by atoms with E-state index >= 15 is 0 Å². The van der Waals surface area contributed by atoms with Crippen LogP contribution in [0.5, 0.6) is 5.75 Å². The fraction of sp³-hybridized carbons (Fsp3) is 0.529. The van der Waals surface area contributed by atoms with E-state index in [2.05, 4.69) is 4.89 Å². The number of rotatable bonds is 11. The van der Waals surface area contributed by atoms with Gasteiger partial charge in [0.25, 0.3) is 0 Å². The van der Waals surface area contributed by atoms with Gasteiger partial charge < -0.3 is 14.6 Å². The molecule has 25 heavy (non-hydrogen) atoms. The van der Waals surface area contributed by atoms with Crippen LogP contribution >= 0.6 is 11.8 Å². The summed E-state index contributed by atoms with van der Waals surface area (Å²) in [4.78, 5) is 27.1. The maximum atomic E-state index is 12.3. The smallest absolute Gasteiger partial charge is 0.312 e. The fourth-order valence-electron chi connectivity index (χ4n) is 1.89. The maximum absolute atomic E-state index is 12.3. The Labute approximate surface area is 151 Å². The monoisotopic (exact) mass is 372 g/mol. The van der Waals surface area contributed by atoms with Crippen molar-refractivity contribution >= 4 is 23.7 Å². The molecule has 1 aromatic carbocycles. The number of aliphatic carboxylic acids is 1. The summed E-state index contributed by atoms with van der Waals surface area (Å²) in [7, 11) is 1.58. The van der Waals surface area contributed by atoms with Crippen molar-refractivity contribution in [3.8, 4) is 5.75 Å². The summed E-state index contributed by atoms with van der Waals surface area (Å²) in [5, 5.41) is 16.9. The second kappa shape index (κ2) is 10.3. The minimum Gasteiger partial charge on any atom is -0.497 e. The van der Waals surface area contributed by atoms with Crippen LogP contribution in [-0.4, -0.2) is 47.0 Å². The number of benzene rings is 1. The Balaban J connectivity index is 2.51. The predicted molar refractivity (Wildman–Crippen MR) is 93.7 cm³/mol. The second-order valence-electron chi connectivity index (χ2n) is 6.13. The molecule has 0 saturated carbocycles. The van der Waals surface area contributed by atoms with Crippen molar-refractivity contribution in [2.45, 2.75) is 32.1 Å². The minimum absolute atomic E-state index is 0.117. The first-order valence-electron chi connectivity index (χ1n) is 7.68. The molecule has 1 unspecified atom stereocenters. The molecule has 140 valence electrons. The quantitative estimate of drug-likeness (QED) is 0.347. The van der Waals surface area contributed by atoms with Gasteiger partial charge in [-0.2, -0.15) is 11.8 Å². The largest absolute Gasteiger partial charge is 0.497 e. The van der Waals surface area contributed by atoms with Crippen molar-refractivity contribution < 1.29 is 34.3 Å². The van der Waals surface area contributed by atoms with Crippen LogP contribution in [0.3, 0.4) is 0 Å². The van der Waals surface area contributed by atoms with Crippen molar-refractivity contribution in [3.05, 3.63) is 29.8 Å². The number of carbonyl (C=O) groups is 2. The van der Waals surface area contributed by atoms with Crippen LogP contribution in [0, 0.1) is 5.41 Å². The van der Waals surface area contributed by atoms with Gasteiger partial charge in [0.15, 0.2) is 0 Å². The molecule has 2 N–H and O–H groups in total. The first-order valence-corrected chi connectivity index (χ1v) is 8.73. The molecule has 0 amide bonds. The number of ether oxygens (including phenoxy) is 2. The van der Waals surface area contributed by atoms with E-state index in [-0.39, 0.29) is 25.6 Å². The van der Waals surface area contributed by atoms with Crippen LogP contribution in [-0.2, 0) is 25.8 Å². The number of carboxylic acids is 1. The third-order valence-electron chi connectivity index (χ3n) is 3.42. The Morgan fingerprint density at radius 2 is 1.88 bits per heavy atom. The third-order valence-corrected chi connectivity index (χ3v) is 5.09. The van der Waals surface area contributed by atoms with Crippen LogP contribution in [0.15, 0.2) is 24.3 Å². The van der Waals surface area contributed by atoms with E-state index in [4.69, 9.17) is 19.8 Å². The van der Waals surface area contributed by atoms with E-state index in [9.17, 15) is 9.59 Å². The molecular weight excluding hydrogens is 348 g/mol. The lowest BCUT2D eigenvalue weighted by Gasteiger charge is -2.24. The number of thioether (sulfide) groups is 1. The highest BCUT2D eigenvalue weighted by Crippen LogP contribution is 2.28. The van der Waals surface area contributed by atoms with Gasteiger partial charge in [0.2, 0.25) is 0 Å². The van der Waals surface area contributed by atoms with Crippen LogP contribution in [0.4, 0.5) is 0 Å². The van der Waals surface area contributed by atoms with Crippen molar-refractivity contribution in [2.24, 2.45) is 5.41 Å². The zero-order valence-electron chi connectivity index (χ0n) is 14.6. The van der Waals surface area contributed by atoms with Gasteiger partial charge in [0.1, 0.15) is 12.4 Å². The lowest BCUT2D eigenvalue weighted by atomic mass is 9.97. The highest BCUT2D eigenvalue weighted by Gasteiger charge is 2.31. The van der Waals surface area contributed by atoms with Gasteiger partial charge in [-0.15, -0.1) is 0 Å². The Morgan fingerprint density at radius 3 is 2.40 bits per heavy atom. The van der Waals surface area contributed by atoms with E-state index in [1.54, 1.807) is 33.1 Å². The highest BCUT2D eigenvalue weighted by molar-refractivity contribution is 8.00. The van der Waals surface area contributed by atoms with E-state index in [1.807, 2.05) is 12.1 Å². The van der Waals surface area contributed by atoms with E-state index in [1.165, 1.54) is 11.8 Å². The number of hydrogen-bond acceptors (Lipinski definition) is 7. The summed E-state index contributed by atoms with van der Waals surface area (Å²) in [6, 6.07) is 7.20. The summed E-state index contributed by atoms with van der Waals surface area (Å²) in [5.74, 6) is -0.304. The maximum Gasteiger partial charge on any atom is 0.312 e. The van der Waals surface area contributed by atoms with E-state index in [0.717, 1.165) is 11.3 Å². The molecule has 0 heterocycles. The normalized spacial score (nSPS) is 12.5. The predicted octanol–water partition coefficient (Wildman–Crippen LogP) is 2.83. The van der Waals surface area contributed by atoms with Gasteiger partial charge >= 0.3 is 11.9 Å².